The summed E-state index contributed by atoms with van der Waals surface area (Å²) in [4.78, 5) is 12.2. The van der Waals surface area contributed by atoms with Gasteiger partial charge in [0.05, 0.1) is 24.9 Å². The maximum atomic E-state index is 12.2. The first kappa shape index (κ1) is 22.1. The van der Waals surface area contributed by atoms with E-state index in [1.165, 1.54) is 0 Å². The quantitative estimate of drug-likeness (QED) is 0.390. The van der Waals surface area contributed by atoms with Crippen molar-refractivity contribution in [3.05, 3.63) is 23.8 Å². The van der Waals surface area contributed by atoms with Gasteiger partial charge >= 0.3 is 0 Å². The Kier molecular flexibility index (Phi) is 9.04. The predicted molar refractivity (Wildman–Crippen MR) is 101 cm³/mol. The second kappa shape index (κ2) is 10.2. The first-order chi connectivity index (χ1) is 11.7. The molecule has 25 heavy (non-hydrogen) atoms. The average Bonchev–Trinajstić information content (AvgIpc) is 3.21. The smallest absolute Gasteiger partial charge is 0.139 e. The molecule has 0 aromatic carbocycles. The molecule has 1 fully saturated rings. The van der Waals surface area contributed by atoms with Crippen LogP contribution >= 0.6 is 0 Å². The molecule has 1 heterocycles. The topological polar surface area (TPSA) is 70.1 Å². The third-order valence-corrected chi connectivity index (χ3v) is 5.42. The normalized spacial score (nSPS) is 24.4. The van der Waals surface area contributed by atoms with Gasteiger partial charge in [0.25, 0.3) is 0 Å². The number of carbonyl (C=O) groups excluding carboxylic acids is 1. The number of carbonyl (C=O) groups is 1. The van der Waals surface area contributed by atoms with E-state index in [4.69, 9.17) is 9.84 Å². The molecule has 1 rings (SSSR count). The van der Waals surface area contributed by atoms with Crippen molar-refractivity contribution < 1.29 is 19.7 Å². The summed E-state index contributed by atoms with van der Waals surface area (Å²) in [5, 5.41) is 18.1. The molecule has 0 saturated carbocycles. The van der Waals surface area contributed by atoms with Crippen LogP contribution in [-0.4, -0.2) is 40.9 Å². The first-order valence-corrected chi connectivity index (χ1v) is 9.51. The number of hydrogen-bond donors (Lipinski definition) is 2. The molecule has 0 aromatic rings. The first-order valence-electron chi connectivity index (χ1n) is 9.51. The monoisotopic (exact) mass is 352 g/mol. The largest absolute Gasteiger partial charge is 0.392 e. The van der Waals surface area contributed by atoms with Gasteiger partial charge in [-0.3, -0.25) is 4.79 Å². The molecular formula is C21H36O4. The molecule has 3 atom stereocenters. The van der Waals surface area contributed by atoms with E-state index in [0.717, 1.165) is 43.3 Å². The minimum atomic E-state index is -0.0932. The van der Waals surface area contributed by atoms with Crippen LogP contribution < -0.4 is 0 Å². The van der Waals surface area contributed by atoms with Crippen LogP contribution in [0, 0.1) is 11.8 Å². The van der Waals surface area contributed by atoms with Gasteiger partial charge in [-0.2, -0.15) is 0 Å². The number of rotatable bonds is 13. The molecule has 0 radical (unpaired) electrons. The lowest BCUT2D eigenvalue weighted by molar-refractivity contribution is -0.122. The van der Waals surface area contributed by atoms with Crippen LogP contribution in [0.3, 0.4) is 0 Å². The van der Waals surface area contributed by atoms with Crippen molar-refractivity contribution in [1.29, 1.82) is 0 Å². The summed E-state index contributed by atoms with van der Waals surface area (Å²) in [7, 11) is 0. The van der Waals surface area contributed by atoms with Crippen LogP contribution in [0.15, 0.2) is 23.8 Å². The van der Waals surface area contributed by atoms with Gasteiger partial charge < -0.3 is 14.9 Å². The van der Waals surface area contributed by atoms with Crippen molar-refractivity contribution in [2.24, 2.45) is 11.8 Å². The van der Waals surface area contributed by atoms with Gasteiger partial charge in [0.1, 0.15) is 5.78 Å². The Hall–Kier alpha value is -0.970. The third kappa shape index (κ3) is 7.43. The van der Waals surface area contributed by atoms with Gasteiger partial charge in [-0.15, -0.1) is 0 Å². The highest BCUT2D eigenvalue weighted by Gasteiger charge is 2.50. The minimum absolute atomic E-state index is 0.00864. The van der Waals surface area contributed by atoms with Crippen LogP contribution in [-0.2, 0) is 9.53 Å². The molecule has 0 amide bonds. The van der Waals surface area contributed by atoms with Crippen molar-refractivity contribution in [1.82, 2.24) is 0 Å². The lowest BCUT2D eigenvalue weighted by atomic mass is 9.89. The molecule has 0 aliphatic carbocycles. The van der Waals surface area contributed by atoms with E-state index in [0.29, 0.717) is 18.1 Å². The molecule has 0 aromatic heterocycles. The molecule has 4 heteroatoms. The Morgan fingerprint density at radius 1 is 1.32 bits per heavy atom. The van der Waals surface area contributed by atoms with E-state index in [2.05, 4.69) is 27.4 Å². The fourth-order valence-electron chi connectivity index (χ4n) is 3.09. The predicted octanol–water partition coefficient (Wildman–Crippen LogP) is 3.81. The fourth-order valence-corrected chi connectivity index (χ4v) is 3.09. The number of epoxide rings is 1. The number of ether oxygens (including phenoxy) is 1. The Labute approximate surface area is 153 Å². The van der Waals surface area contributed by atoms with E-state index in [1.54, 1.807) is 6.08 Å². The highest BCUT2D eigenvalue weighted by Crippen LogP contribution is 2.44. The number of aliphatic hydroxyl groups is 2. The zero-order valence-electron chi connectivity index (χ0n) is 16.4. The highest BCUT2D eigenvalue weighted by atomic mass is 16.6. The van der Waals surface area contributed by atoms with Crippen molar-refractivity contribution in [2.75, 3.05) is 13.2 Å². The van der Waals surface area contributed by atoms with Crippen molar-refractivity contribution in [2.45, 2.75) is 77.9 Å². The van der Waals surface area contributed by atoms with E-state index in [9.17, 15) is 9.90 Å². The summed E-state index contributed by atoms with van der Waals surface area (Å²) < 4.78 is 5.85. The Balaban J connectivity index is 2.27. The average molecular weight is 353 g/mol. The Bertz CT molecular complexity index is 480. The fraction of sp³-hybridized carbons (Fsp3) is 0.762. The van der Waals surface area contributed by atoms with Gasteiger partial charge in [-0.25, -0.2) is 0 Å². The standard InChI is InChI=1S/C21H36O4/c1-15(2)17(4)13-19(24)16(3)7-6-11-21(5)20(25-21)9-8-18(14-23)10-12-22/h10,15-16,20,22-23H,4,6-9,11-14H2,1-3,5H3. The molecule has 1 saturated heterocycles. The van der Waals surface area contributed by atoms with Crippen LogP contribution in [0.4, 0.5) is 0 Å². The maximum Gasteiger partial charge on any atom is 0.139 e. The summed E-state index contributed by atoms with van der Waals surface area (Å²) in [6, 6.07) is 0. The van der Waals surface area contributed by atoms with E-state index >= 15 is 0 Å². The molecule has 4 nitrogen and oxygen atoms in total. The number of aliphatic hydroxyl groups excluding tert-OH is 2. The zero-order chi connectivity index (χ0) is 19.0. The maximum absolute atomic E-state index is 12.2. The second-order valence-electron chi connectivity index (χ2n) is 7.91. The molecule has 144 valence electrons. The molecular weight excluding hydrogens is 316 g/mol. The summed E-state index contributed by atoms with van der Waals surface area (Å²) in [6.07, 6.45) is 6.82. The molecule has 3 unspecified atom stereocenters. The minimum Gasteiger partial charge on any atom is -0.392 e. The second-order valence-corrected chi connectivity index (χ2v) is 7.91. The zero-order valence-corrected chi connectivity index (χ0v) is 16.4. The van der Waals surface area contributed by atoms with Crippen molar-refractivity contribution in [3.63, 3.8) is 0 Å². The van der Waals surface area contributed by atoms with Crippen LogP contribution in [0.5, 0.6) is 0 Å². The van der Waals surface area contributed by atoms with E-state index in [1.807, 2.05) is 6.92 Å². The molecule has 1 aliphatic heterocycles. The Morgan fingerprint density at radius 3 is 2.56 bits per heavy atom. The summed E-state index contributed by atoms with van der Waals surface area (Å²) in [5.74, 6) is 0.725. The van der Waals surface area contributed by atoms with E-state index < -0.39 is 0 Å². The summed E-state index contributed by atoms with van der Waals surface area (Å²) >= 11 is 0. The van der Waals surface area contributed by atoms with Gasteiger partial charge in [0.2, 0.25) is 0 Å². The van der Waals surface area contributed by atoms with E-state index in [-0.39, 0.29) is 30.8 Å². The lowest BCUT2D eigenvalue weighted by Crippen LogP contribution is -2.15. The Morgan fingerprint density at radius 2 is 2.00 bits per heavy atom. The van der Waals surface area contributed by atoms with Crippen LogP contribution in [0.25, 0.3) is 0 Å². The number of ketones is 1. The molecule has 1 aliphatic rings. The third-order valence-electron chi connectivity index (χ3n) is 5.42. The SMILES string of the molecule is C=C(CC(=O)C(C)CCCC1(C)OC1CCC(=CCO)CO)C(C)C. The van der Waals surface area contributed by atoms with Crippen molar-refractivity contribution in [3.8, 4) is 0 Å². The lowest BCUT2D eigenvalue weighted by Gasteiger charge is -2.14. The molecule has 2 N–H and O–H groups in total. The molecule has 0 spiro atoms. The highest BCUT2D eigenvalue weighted by molar-refractivity contribution is 5.82. The van der Waals surface area contributed by atoms with Gasteiger partial charge in [-0.1, -0.05) is 39.0 Å². The number of allylic oxidation sites excluding steroid dienone is 1. The summed E-state index contributed by atoms with van der Waals surface area (Å²) in [5.41, 5.74) is 1.79. The van der Waals surface area contributed by atoms with Gasteiger partial charge in [-0.05, 0) is 50.5 Å². The van der Waals surface area contributed by atoms with Crippen LogP contribution in [0.1, 0.15) is 66.2 Å². The number of hydrogen-bond acceptors (Lipinski definition) is 4. The summed E-state index contributed by atoms with van der Waals surface area (Å²) in [6.45, 7) is 12.2. The van der Waals surface area contributed by atoms with Crippen molar-refractivity contribution >= 4 is 5.78 Å². The van der Waals surface area contributed by atoms with Crippen LogP contribution in [0.2, 0.25) is 0 Å². The number of Topliss-reactive ketones (excluding diaryl/α,β-unsaturated/α-hetero) is 1. The molecule has 0 bridgehead atoms. The van der Waals surface area contributed by atoms with Gasteiger partial charge in [0.15, 0.2) is 0 Å². The van der Waals surface area contributed by atoms with Gasteiger partial charge in [0, 0.05) is 12.3 Å².